The normalized spacial score (nSPS) is 16.0. The lowest BCUT2D eigenvalue weighted by molar-refractivity contribution is 0.464. The van der Waals surface area contributed by atoms with Crippen molar-refractivity contribution in [1.82, 2.24) is 9.78 Å². The third-order valence-corrected chi connectivity index (χ3v) is 6.18. The van der Waals surface area contributed by atoms with Crippen molar-refractivity contribution in [3.63, 3.8) is 0 Å². The van der Waals surface area contributed by atoms with Gasteiger partial charge in [0.2, 0.25) is 0 Å². The van der Waals surface area contributed by atoms with Crippen molar-refractivity contribution >= 4 is 27.3 Å². The van der Waals surface area contributed by atoms with Crippen LogP contribution in [-0.2, 0) is 10.0 Å². The lowest BCUT2D eigenvalue weighted by atomic mass is 10.2. The van der Waals surface area contributed by atoms with E-state index in [1.807, 2.05) is 6.92 Å². The molecule has 1 aliphatic carbocycles. The number of aromatic nitrogens is 2. The van der Waals surface area contributed by atoms with Crippen LogP contribution in [0.5, 0.6) is 0 Å². The maximum absolute atomic E-state index is 12.6. The van der Waals surface area contributed by atoms with Gasteiger partial charge in [-0.2, -0.15) is 5.10 Å². The summed E-state index contributed by atoms with van der Waals surface area (Å²) < 4.78 is 29.7. The molecule has 23 heavy (non-hydrogen) atoms. The largest absolute Gasteiger partial charge is 0.279 e. The Morgan fingerprint density at radius 3 is 2.61 bits per heavy atom. The Labute approximate surface area is 141 Å². The average molecular weight is 354 g/mol. The molecular weight excluding hydrogens is 334 g/mol. The molecular formula is C16H20ClN3O2S. The van der Waals surface area contributed by atoms with Gasteiger partial charge in [0.05, 0.1) is 17.4 Å². The van der Waals surface area contributed by atoms with Gasteiger partial charge in [-0.15, -0.1) is 0 Å². The van der Waals surface area contributed by atoms with E-state index in [0.29, 0.717) is 22.4 Å². The van der Waals surface area contributed by atoms with E-state index in [-0.39, 0.29) is 4.90 Å². The first-order valence-corrected chi connectivity index (χ1v) is 9.57. The number of aryl methyl sites for hydroxylation is 2. The van der Waals surface area contributed by atoms with Crippen LogP contribution in [0.2, 0.25) is 5.02 Å². The summed E-state index contributed by atoms with van der Waals surface area (Å²) in [6.07, 6.45) is 6.10. The zero-order valence-electron chi connectivity index (χ0n) is 13.2. The Balaban J connectivity index is 1.88. The number of benzene rings is 1. The van der Waals surface area contributed by atoms with Crippen LogP contribution in [0.15, 0.2) is 29.3 Å². The first-order chi connectivity index (χ1) is 10.9. The molecule has 1 fully saturated rings. The van der Waals surface area contributed by atoms with Crippen LogP contribution in [-0.4, -0.2) is 18.2 Å². The SMILES string of the molecule is Cc1ccc(NS(=O)(=O)c2cn(C3CCCC3)nc2C)cc1Cl. The fraction of sp³-hybridized carbons (Fsp3) is 0.438. The zero-order chi connectivity index (χ0) is 16.6. The molecule has 0 radical (unpaired) electrons. The Morgan fingerprint density at radius 1 is 1.26 bits per heavy atom. The van der Waals surface area contributed by atoms with E-state index < -0.39 is 10.0 Å². The highest BCUT2D eigenvalue weighted by atomic mass is 35.5. The minimum atomic E-state index is -3.67. The van der Waals surface area contributed by atoms with Crippen molar-refractivity contribution in [3.8, 4) is 0 Å². The summed E-state index contributed by atoms with van der Waals surface area (Å²) in [5.74, 6) is 0. The molecule has 124 valence electrons. The molecule has 1 saturated carbocycles. The number of hydrogen-bond donors (Lipinski definition) is 1. The minimum absolute atomic E-state index is 0.223. The zero-order valence-corrected chi connectivity index (χ0v) is 14.8. The van der Waals surface area contributed by atoms with Gasteiger partial charge in [0.15, 0.2) is 0 Å². The number of nitrogens with zero attached hydrogens (tertiary/aromatic N) is 2. The number of rotatable bonds is 4. The Hall–Kier alpha value is -1.53. The van der Waals surface area contributed by atoms with E-state index in [1.165, 1.54) is 12.8 Å². The lowest BCUT2D eigenvalue weighted by Gasteiger charge is -2.09. The van der Waals surface area contributed by atoms with Gasteiger partial charge in [-0.1, -0.05) is 30.5 Å². The highest BCUT2D eigenvalue weighted by Crippen LogP contribution is 2.31. The van der Waals surface area contributed by atoms with Crippen LogP contribution in [0.4, 0.5) is 5.69 Å². The lowest BCUT2D eigenvalue weighted by Crippen LogP contribution is -2.13. The van der Waals surface area contributed by atoms with Gasteiger partial charge in [0.25, 0.3) is 10.0 Å². The van der Waals surface area contributed by atoms with Gasteiger partial charge in [0.1, 0.15) is 4.90 Å². The number of anilines is 1. The van der Waals surface area contributed by atoms with Crippen molar-refractivity contribution in [1.29, 1.82) is 0 Å². The van der Waals surface area contributed by atoms with Gasteiger partial charge in [-0.3, -0.25) is 9.40 Å². The predicted molar refractivity (Wildman–Crippen MR) is 91.5 cm³/mol. The van der Waals surface area contributed by atoms with Crippen molar-refractivity contribution < 1.29 is 8.42 Å². The first-order valence-electron chi connectivity index (χ1n) is 7.71. The monoisotopic (exact) mass is 353 g/mol. The van der Waals surface area contributed by atoms with E-state index in [2.05, 4.69) is 9.82 Å². The van der Waals surface area contributed by atoms with Crippen molar-refractivity contribution in [2.24, 2.45) is 0 Å². The summed E-state index contributed by atoms with van der Waals surface area (Å²) in [6.45, 7) is 3.60. The predicted octanol–water partition coefficient (Wildman–Crippen LogP) is 4.07. The van der Waals surface area contributed by atoms with Crippen molar-refractivity contribution in [3.05, 3.63) is 40.7 Å². The smallest absolute Gasteiger partial charge is 0.265 e. The van der Waals surface area contributed by atoms with Crippen LogP contribution < -0.4 is 4.72 Å². The quantitative estimate of drug-likeness (QED) is 0.901. The van der Waals surface area contributed by atoms with E-state index in [4.69, 9.17) is 11.6 Å². The number of halogens is 1. The third kappa shape index (κ3) is 3.38. The molecule has 1 N–H and O–H groups in total. The van der Waals surface area contributed by atoms with Crippen LogP contribution in [0.1, 0.15) is 43.0 Å². The average Bonchev–Trinajstić information content (AvgIpc) is 3.11. The molecule has 0 spiro atoms. The third-order valence-electron chi connectivity index (χ3n) is 4.28. The van der Waals surface area contributed by atoms with Crippen molar-refractivity contribution in [2.45, 2.75) is 50.5 Å². The van der Waals surface area contributed by atoms with E-state index in [0.717, 1.165) is 18.4 Å². The second kappa shape index (κ2) is 6.17. The maximum atomic E-state index is 12.6. The maximum Gasteiger partial charge on any atom is 0.265 e. The molecule has 1 aliphatic rings. The summed E-state index contributed by atoms with van der Waals surface area (Å²) in [5.41, 5.74) is 1.87. The number of nitrogens with one attached hydrogen (secondary N) is 1. The molecule has 1 heterocycles. The summed E-state index contributed by atoms with van der Waals surface area (Å²) in [4.78, 5) is 0.223. The summed E-state index contributed by atoms with van der Waals surface area (Å²) >= 11 is 6.06. The Morgan fingerprint density at radius 2 is 1.96 bits per heavy atom. The number of hydrogen-bond acceptors (Lipinski definition) is 3. The van der Waals surface area contributed by atoms with Gasteiger partial charge < -0.3 is 0 Å². The van der Waals surface area contributed by atoms with Crippen LogP contribution >= 0.6 is 11.6 Å². The molecule has 0 atom stereocenters. The Kier molecular flexibility index (Phi) is 4.38. The van der Waals surface area contributed by atoms with Gasteiger partial charge in [0, 0.05) is 11.2 Å². The molecule has 0 aliphatic heterocycles. The van der Waals surface area contributed by atoms with Crippen LogP contribution in [0.3, 0.4) is 0 Å². The highest BCUT2D eigenvalue weighted by molar-refractivity contribution is 7.92. The molecule has 0 saturated heterocycles. The summed E-state index contributed by atoms with van der Waals surface area (Å²) in [7, 11) is -3.67. The molecule has 0 bridgehead atoms. The molecule has 0 unspecified atom stereocenters. The standard InChI is InChI=1S/C16H20ClN3O2S/c1-11-7-8-13(9-15(11)17)19-23(21,22)16-10-20(18-12(16)2)14-5-3-4-6-14/h7-10,14,19H,3-6H2,1-2H3. The van der Waals surface area contributed by atoms with Gasteiger partial charge >= 0.3 is 0 Å². The molecule has 3 rings (SSSR count). The number of sulfonamides is 1. The molecule has 7 heteroatoms. The fourth-order valence-electron chi connectivity index (χ4n) is 2.95. The van der Waals surface area contributed by atoms with Crippen LogP contribution in [0.25, 0.3) is 0 Å². The highest BCUT2D eigenvalue weighted by Gasteiger charge is 2.24. The van der Waals surface area contributed by atoms with E-state index >= 15 is 0 Å². The Bertz CT molecular complexity index is 824. The van der Waals surface area contributed by atoms with E-state index in [1.54, 1.807) is 36.0 Å². The molecule has 5 nitrogen and oxygen atoms in total. The first kappa shape index (κ1) is 16.3. The fourth-order valence-corrected chi connectivity index (χ4v) is 4.36. The van der Waals surface area contributed by atoms with Crippen molar-refractivity contribution in [2.75, 3.05) is 4.72 Å². The van der Waals surface area contributed by atoms with Crippen LogP contribution in [0, 0.1) is 13.8 Å². The molecule has 1 aromatic carbocycles. The van der Waals surface area contributed by atoms with E-state index in [9.17, 15) is 8.42 Å². The summed E-state index contributed by atoms with van der Waals surface area (Å²) in [5, 5.41) is 4.93. The van der Waals surface area contributed by atoms with Gasteiger partial charge in [-0.05, 0) is 44.4 Å². The second-order valence-corrected chi connectivity index (χ2v) is 8.12. The minimum Gasteiger partial charge on any atom is -0.279 e. The molecule has 2 aromatic rings. The summed E-state index contributed by atoms with van der Waals surface area (Å²) in [6, 6.07) is 5.42. The molecule has 0 amide bonds. The second-order valence-electron chi connectivity index (χ2n) is 6.07. The molecule has 1 aromatic heterocycles. The topological polar surface area (TPSA) is 64.0 Å². The van der Waals surface area contributed by atoms with Gasteiger partial charge in [-0.25, -0.2) is 8.42 Å².